The molecule has 0 rings (SSSR count). The summed E-state index contributed by atoms with van der Waals surface area (Å²) in [7, 11) is 0.199. The minimum atomic E-state index is -1.37. The molecule has 0 heterocycles. The number of nitrogens with zero attached hydrogens (tertiary/aromatic N) is 1. The molecule has 2 N–H and O–H groups in total. The van der Waals surface area contributed by atoms with Crippen LogP contribution in [-0.2, 0) is 19.1 Å². The minimum absolute atomic E-state index is 0.237. The van der Waals surface area contributed by atoms with Gasteiger partial charge >= 0.3 is 5.97 Å². The van der Waals surface area contributed by atoms with Gasteiger partial charge in [0.1, 0.15) is 12.1 Å². The van der Waals surface area contributed by atoms with Gasteiger partial charge < -0.3 is 20.1 Å². The van der Waals surface area contributed by atoms with E-state index in [4.69, 9.17) is 4.74 Å². The Morgan fingerprint density at radius 1 is 1.09 bits per heavy atom. The zero-order valence-corrected chi connectivity index (χ0v) is 23.9. The van der Waals surface area contributed by atoms with Crippen LogP contribution in [-0.4, -0.2) is 66.7 Å². The fraction of sp³-hybridized carbons (Fsp3) is 0.800. The van der Waals surface area contributed by atoms with Crippen LogP contribution in [0.5, 0.6) is 0 Å². The van der Waals surface area contributed by atoms with Gasteiger partial charge in [0.05, 0.1) is 14.2 Å². The Morgan fingerprint density at radius 3 is 2.00 bits per heavy atom. The third-order valence-electron chi connectivity index (χ3n) is 4.99. The molecule has 0 unspecified atom stereocenters. The highest BCUT2D eigenvalue weighted by atomic mass is 28.3. The molecule has 0 saturated heterocycles. The fourth-order valence-corrected chi connectivity index (χ4v) is 4.41. The second kappa shape index (κ2) is 12.2. The first-order valence-electron chi connectivity index (χ1n) is 11.8. The van der Waals surface area contributed by atoms with Crippen LogP contribution in [0.15, 0.2) is 11.8 Å². The van der Waals surface area contributed by atoms with Crippen molar-refractivity contribution in [2.75, 3.05) is 7.05 Å². The monoisotopic (exact) mass is 484 g/mol. The number of aliphatic hydroxyl groups excluding tert-OH is 1. The standard InChI is InChI=1S/C25H48N2O5Si/c1-17(16-19(29)14-13-15-33(10,11)12)21(32-18(2)28)20(22(30)26-25(6,7)8)27(9)23(31)24(3,4)5/h13,15,17,19-21,29H,14,16H2,1-12H3,(H,26,30)/t17-,19-,20+,21-/m1/s1. The Balaban J connectivity index is 6.02. The van der Waals surface area contributed by atoms with E-state index in [0.717, 1.165) is 0 Å². The van der Waals surface area contributed by atoms with Crippen molar-refractivity contribution in [1.82, 2.24) is 10.2 Å². The van der Waals surface area contributed by atoms with Gasteiger partial charge in [-0.25, -0.2) is 0 Å². The van der Waals surface area contributed by atoms with Crippen molar-refractivity contribution < 1.29 is 24.2 Å². The van der Waals surface area contributed by atoms with Gasteiger partial charge in [-0.15, -0.1) is 0 Å². The summed E-state index contributed by atoms with van der Waals surface area (Å²) in [5.74, 6) is -1.53. The van der Waals surface area contributed by atoms with Crippen LogP contribution >= 0.6 is 0 Å². The van der Waals surface area contributed by atoms with Crippen LogP contribution in [0.1, 0.15) is 68.2 Å². The smallest absolute Gasteiger partial charge is 0.303 e. The molecule has 0 aromatic rings. The number of amides is 2. The van der Waals surface area contributed by atoms with Gasteiger partial charge in [-0.05, 0) is 39.5 Å². The normalized spacial score (nSPS) is 16.6. The van der Waals surface area contributed by atoms with Crippen molar-refractivity contribution in [2.45, 2.75) is 112 Å². The molecule has 0 aliphatic rings. The van der Waals surface area contributed by atoms with E-state index in [-0.39, 0.29) is 11.8 Å². The number of rotatable bonds is 10. The molecular weight excluding hydrogens is 436 g/mol. The Morgan fingerprint density at radius 2 is 1.61 bits per heavy atom. The number of aliphatic hydroxyl groups is 1. The summed E-state index contributed by atoms with van der Waals surface area (Å²) >= 11 is 0. The second-order valence-electron chi connectivity index (χ2n) is 12.3. The van der Waals surface area contributed by atoms with E-state index in [0.29, 0.717) is 12.8 Å². The van der Waals surface area contributed by atoms with E-state index in [1.807, 2.05) is 33.8 Å². The van der Waals surface area contributed by atoms with Gasteiger partial charge in [0, 0.05) is 24.9 Å². The predicted octanol–water partition coefficient (Wildman–Crippen LogP) is 3.92. The van der Waals surface area contributed by atoms with Gasteiger partial charge in [-0.2, -0.15) is 0 Å². The lowest BCUT2D eigenvalue weighted by atomic mass is 9.87. The summed E-state index contributed by atoms with van der Waals surface area (Å²) in [6, 6.07) is -1.03. The summed E-state index contributed by atoms with van der Waals surface area (Å²) in [5, 5.41) is 13.6. The summed E-state index contributed by atoms with van der Waals surface area (Å²) in [6.45, 7) is 20.7. The highest BCUT2D eigenvalue weighted by molar-refractivity contribution is 6.80. The molecule has 192 valence electrons. The zero-order valence-electron chi connectivity index (χ0n) is 22.9. The van der Waals surface area contributed by atoms with Gasteiger partial charge in [0.25, 0.3) is 0 Å². The molecule has 0 aliphatic heterocycles. The number of esters is 1. The van der Waals surface area contributed by atoms with Crippen molar-refractivity contribution in [1.29, 1.82) is 0 Å². The predicted molar refractivity (Wildman–Crippen MR) is 136 cm³/mol. The molecular formula is C25H48N2O5Si. The second-order valence-corrected chi connectivity index (χ2v) is 17.4. The third-order valence-corrected chi connectivity index (χ3v) is 6.23. The van der Waals surface area contributed by atoms with Crippen LogP contribution in [0, 0.1) is 11.3 Å². The van der Waals surface area contributed by atoms with Crippen LogP contribution in [0.2, 0.25) is 19.6 Å². The van der Waals surface area contributed by atoms with Crippen LogP contribution in [0.3, 0.4) is 0 Å². The van der Waals surface area contributed by atoms with Crippen molar-refractivity contribution >= 4 is 25.9 Å². The van der Waals surface area contributed by atoms with Crippen molar-refractivity contribution in [2.24, 2.45) is 11.3 Å². The first-order valence-corrected chi connectivity index (χ1v) is 15.4. The topological polar surface area (TPSA) is 95.9 Å². The number of nitrogens with one attached hydrogen (secondary N) is 1. The van der Waals surface area contributed by atoms with Crippen LogP contribution in [0.25, 0.3) is 0 Å². The van der Waals surface area contributed by atoms with E-state index >= 15 is 0 Å². The Labute approximate surface area is 202 Å². The molecule has 0 aliphatic carbocycles. The van der Waals surface area contributed by atoms with E-state index in [1.165, 1.54) is 11.8 Å². The first-order chi connectivity index (χ1) is 14.7. The van der Waals surface area contributed by atoms with Crippen LogP contribution < -0.4 is 5.32 Å². The number of carbonyl (C=O) groups is 3. The van der Waals surface area contributed by atoms with E-state index in [9.17, 15) is 19.5 Å². The maximum atomic E-state index is 13.4. The highest BCUT2D eigenvalue weighted by Crippen LogP contribution is 2.26. The summed E-state index contributed by atoms with van der Waals surface area (Å²) in [6.07, 6.45) is 1.25. The van der Waals surface area contributed by atoms with Crippen molar-refractivity contribution in [3.63, 3.8) is 0 Å². The van der Waals surface area contributed by atoms with Gasteiger partial charge in [-0.3, -0.25) is 14.4 Å². The molecule has 0 aromatic heterocycles. The third kappa shape index (κ3) is 12.4. The molecule has 8 heteroatoms. The van der Waals surface area contributed by atoms with Crippen molar-refractivity contribution in [3.05, 3.63) is 11.8 Å². The SMILES string of the molecule is CC(=O)O[C@H]([C@H](C)C[C@H](O)CC=C[Si](C)(C)C)[C@@H](C(=O)NC(C)(C)C)N(C)C(=O)C(C)(C)C. The van der Waals surface area contributed by atoms with E-state index < -0.39 is 49.2 Å². The first kappa shape index (κ1) is 31.3. The summed E-state index contributed by atoms with van der Waals surface area (Å²) in [5.41, 5.74) is 0.923. The van der Waals surface area contributed by atoms with Crippen LogP contribution in [0.4, 0.5) is 0 Å². The Hall–Kier alpha value is -1.67. The Bertz CT molecular complexity index is 701. The van der Waals surface area contributed by atoms with Gasteiger partial charge in [-0.1, -0.05) is 59.1 Å². The molecule has 0 saturated carbocycles. The molecule has 0 radical (unpaired) electrons. The maximum Gasteiger partial charge on any atom is 0.303 e. The lowest BCUT2D eigenvalue weighted by Crippen LogP contribution is -2.60. The summed E-state index contributed by atoms with van der Waals surface area (Å²) < 4.78 is 5.64. The summed E-state index contributed by atoms with van der Waals surface area (Å²) in [4.78, 5) is 39.8. The molecule has 2 amide bonds. The quantitative estimate of drug-likeness (QED) is 0.362. The number of hydrogen-bond acceptors (Lipinski definition) is 5. The molecule has 7 nitrogen and oxygen atoms in total. The lowest BCUT2D eigenvalue weighted by molar-refractivity contribution is -0.163. The Kier molecular flexibility index (Phi) is 11.5. The molecule has 0 bridgehead atoms. The minimum Gasteiger partial charge on any atom is -0.459 e. The van der Waals surface area contributed by atoms with Gasteiger partial charge in [0.2, 0.25) is 11.8 Å². The molecule has 0 spiro atoms. The average molecular weight is 485 g/mol. The maximum absolute atomic E-state index is 13.4. The van der Waals surface area contributed by atoms with Gasteiger partial charge in [0.15, 0.2) is 0 Å². The average Bonchev–Trinajstić information content (AvgIpc) is 2.56. The zero-order chi connectivity index (χ0) is 26.4. The van der Waals surface area contributed by atoms with Crippen molar-refractivity contribution in [3.8, 4) is 0 Å². The number of hydrogen-bond donors (Lipinski definition) is 2. The number of ether oxygens (including phenoxy) is 1. The molecule has 0 aromatic carbocycles. The molecule has 33 heavy (non-hydrogen) atoms. The lowest BCUT2D eigenvalue weighted by Gasteiger charge is -2.40. The van der Waals surface area contributed by atoms with E-state index in [1.54, 1.807) is 27.8 Å². The fourth-order valence-electron chi connectivity index (χ4n) is 3.57. The number of carbonyl (C=O) groups excluding carboxylic acids is 3. The largest absolute Gasteiger partial charge is 0.459 e. The number of likely N-dealkylation sites (N-methyl/N-ethyl adjacent to an activating group) is 1. The van der Waals surface area contributed by atoms with E-state index in [2.05, 4.69) is 30.7 Å². The molecule has 4 atom stereocenters. The highest BCUT2D eigenvalue weighted by Gasteiger charge is 2.43. The molecule has 0 fully saturated rings.